The van der Waals surface area contributed by atoms with Gasteiger partial charge in [0.2, 0.25) is 0 Å². The van der Waals surface area contributed by atoms with Crippen LogP contribution < -0.4 is 5.56 Å². The number of nitrogens with one attached hydrogen (secondary N) is 1. The average molecular weight is 335 g/mol. The second-order valence-electron chi connectivity index (χ2n) is 6.61. The van der Waals surface area contributed by atoms with Gasteiger partial charge in [-0.1, -0.05) is 39.0 Å². The van der Waals surface area contributed by atoms with Gasteiger partial charge in [-0.3, -0.25) is 9.89 Å². The van der Waals surface area contributed by atoms with E-state index in [9.17, 15) is 18.0 Å². The number of nitrogens with zero attached hydrogens (tertiary/aromatic N) is 2. The molecule has 0 spiro atoms. The summed E-state index contributed by atoms with van der Waals surface area (Å²) in [6.07, 6.45) is -4.64. The number of hydrogen-bond donors (Lipinski definition) is 1. The lowest BCUT2D eigenvalue weighted by Gasteiger charge is -2.19. The Bertz CT molecular complexity index is 947. The molecule has 0 saturated carbocycles. The topological polar surface area (TPSA) is 50.7 Å². The Balaban J connectivity index is 2.39. The maximum absolute atomic E-state index is 13.5. The number of hydrogen-bond acceptors (Lipinski definition) is 2. The van der Waals surface area contributed by atoms with Gasteiger partial charge < -0.3 is 0 Å². The van der Waals surface area contributed by atoms with Crippen molar-refractivity contribution >= 4 is 11.0 Å². The molecule has 126 valence electrons. The fraction of sp³-hybridized carbons (Fsp3) is 0.294. The standard InChI is InChI=1S/C17H16F3N3O/c1-16(2,3)12-9-11(17(18,19)20)13-14(21-12)22-23(15(13)24)10-7-5-4-6-8-10/h4-9H,1-3H3,(H,21,22). The van der Waals surface area contributed by atoms with E-state index >= 15 is 0 Å². The zero-order valence-corrected chi connectivity index (χ0v) is 13.4. The number of para-hydroxylation sites is 1. The molecule has 0 unspecified atom stereocenters. The molecular formula is C17H16F3N3O. The molecule has 0 radical (unpaired) electrons. The highest BCUT2D eigenvalue weighted by atomic mass is 19.4. The molecule has 0 atom stereocenters. The fourth-order valence-electron chi connectivity index (χ4n) is 2.48. The minimum absolute atomic E-state index is 0.0661. The van der Waals surface area contributed by atoms with Crippen molar-refractivity contribution in [3.8, 4) is 5.69 Å². The number of benzene rings is 1. The number of rotatable bonds is 1. The molecule has 4 nitrogen and oxygen atoms in total. The maximum Gasteiger partial charge on any atom is 0.417 e. The van der Waals surface area contributed by atoms with Crippen molar-refractivity contribution < 1.29 is 13.2 Å². The van der Waals surface area contributed by atoms with Crippen LogP contribution in [0.3, 0.4) is 0 Å². The van der Waals surface area contributed by atoms with Gasteiger partial charge in [0.05, 0.1) is 16.6 Å². The monoisotopic (exact) mass is 335 g/mol. The largest absolute Gasteiger partial charge is 0.417 e. The van der Waals surface area contributed by atoms with E-state index < -0.39 is 28.1 Å². The van der Waals surface area contributed by atoms with Crippen molar-refractivity contribution in [3.05, 3.63) is 58.0 Å². The normalized spacial score (nSPS) is 12.8. The Morgan fingerprint density at radius 1 is 1.08 bits per heavy atom. The molecule has 1 N–H and O–H groups in total. The predicted octanol–water partition coefficient (Wildman–Crippen LogP) is 4.03. The van der Waals surface area contributed by atoms with Crippen LogP contribution in [0.2, 0.25) is 0 Å². The molecule has 3 aromatic rings. The van der Waals surface area contributed by atoms with Gasteiger partial charge in [0.15, 0.2) is 5.65 Å². The van der Waals surface area contributed by atoms with Gasteiger partial charge in [-0.15, -0.1) is 0 Å². The van der Waals surface area contributed by atoms with Crippen LogP contribution in [0, 0.1) is 0 Å². The first-order chi connectivity index (χ1) is 11.1. The van der Waals surface area contributed by atoms with Crippen molar-refractivity contribution in [2.75, 3.05) is 0 Å². The Labute approximate surface area is 135 Å². The predicted molar refractivity (Wildman–Crippen MR) is 85.4 cm³/mol. The highest BCUT2D eigenvalue weighted by molar-refractivity contribution is 5.79. The summed E-state index contributed by atoms with van der Waals surface area (Å²) in [5.41, 5.74) is -1.66. The van der Waals surface area contributed by atoms with Crippen molar-refractivity contribution in [3.63, 3.8) is 0 Å². The lowest BCUT2D eigenvalue weighted by molar-refractivity contribution is -0.136. The molecule has 2 heterocycles. The molecule has 7 heteroatoms. The molecule has 24 heavy (non-hydrogen) atoms. The lowest BCUT2D eigenvalue weighted by Crippen LogP contribution is -2.19. The number of fused-ring (bicyclic) bond motifs is 1. The van der Waals surface area contributed by atoms with Gasteiger partial charge >= 0.3 is 6.18 Å². The molecule has 1 aromatic carbocycles. The van der Waals surface area contributed by atoms with Gasteiger partial charge in [-0.2, -0.15) is 13.2 Å². The van der Waals surface area contributed by atoms with E-state index in [1.807, 2.05) is 0 Å². The van der Waals surface area contributed by atoms with Gasteiger partial charge in [0, 0.05) is 11.1 Å². The van der Waals surface area contributed by atoms with Crippen LogP contribution in [0.5, 0.6) is 0 Å². The second-order valence-corrected chi connectivity index (χ2v) is 6.61. The van der Waals surface area contributed by atoms with E-state index in [1.54, 1.807) is 51.1 Å². The number of aromatic amines is 1. The van der Waals surface area contributed by atoms with Crippen molar-refractivity contribution in [2.24, 2.45) is 0 Å². The molecule has 0 fully saturated rings. The molecule has 0 amide bonds. The van der Waals surface area contributed by atoms with E-state index in [1.165, 1.54) is 0 Å². The van der Waals surface area contributed by atoms with Crippen LogP contribution in [0.15, 0.2) is 41.2 Å². The van der Waals surface area contributed by atoms with E-state index in [4.69, 9.17) is 0 Å². The summed E-state index contributed by atoms with van der Waals surface area (Å²) in [5.74, 6) is 0. The minimum Gasteiger partial charge on any atom is -0.274 e. The molecule has 0 aliphatic carbocycles. The number of alkyl halides is 3. The Morgan fingerprint density at radius 2 is 1.71 bits per heavy atom. The third-order valence-corrected chi connectivity index (χ3v) is 3.74. The number of aromatic nitrogens is 3. The van der Waals surface area contributed by atoms with Gasteiger partial charge in [-0.05, 0) is 18.2 Å². The molecule has 0 aliphatic heterocycles. The number of halogens is 3. The molecule has 0 aliphatic rings. The molecule has 0 saturated heterocycles. The highest BCUT2D eigenvalue weighted by Gasteiger charge is 2.37. The van der Waals surface area contributed by atoms with Crippen LogP contribution in [0.1, 0.15) is 32.0 Å². The van der Waals surface area contributed by atoms with Crippen LogP contribution >= 0.6 is 0 Å². The zero-order chi connectivity index (χ0) is 17.7. The van der Waals surface area contributed by atoms with Crippen LogP contribution in [-0.2, 0) is 11.6 Å². The first kappa shape index (κ1) is 16.3. The summed E-state index contributed by atoms with van der Waals surface area (Å²) >= 11 is 0. The Kier molecular flexibility index (Phi) is 3.55. The molecule has 0 bridgehead atoms. The van der Waals surface area contributed by atoms with Gasteiger partial charge in [-0.25, -0.2) is 9.67 Å². The van der Waals surface area contributed by atoms with Crippen molar-refractivity contribution in [1.82, 2.24) is 14.8 Å². The Hall–Kier alpha value is -2.57. The maximum atomic E-state index is 13.5. The van der Waals surface area contributed by atoms with Crippen LogP contribution in [-0.4, -0.2) is 14.8 Å². The smallest absolute Gasteiger partial charge is 0.274 e. The highest BCUT2D eigenvalue weighted by Crippen LogP contribution is 2.35. The SMILES string of the molecule is CC(C)(C)c1cc(C(F)(F)F)c2c(=O)n(-c3ccccc3)[nH]c2n1. The van der Waals surface area contributed by atoms with E-state index in [-0.39, 0.29) is 11.3 Å². The summed E-state index contributed by atoms with van der Waals surface area (Å²) in [7, 11) is 0. The zero-order valence-electron chi connectivity index (χ0n) is 13.4. The summed E-state index contributed by atoms with van der Waals surface area (Å²) in [6, 6.07) is 9.39. The van der Waals surface area contributed by atoms with Gasteiger partial charge in [0.1, 0.15) is 0 Å². The number of H-pyrrole nitrogens is 1. The first-order valence-corrected chi connectivity index (χ1v) is 7.38. The molecule has 3 rings (SSSR count). The Morgan fingerprint density at radius 3 is 2.25 bits per heavy atom. The summed E-state index contributed by atoms with van der Waals surface area (Å²) < 4.78 is 41.5. The van der Waals surface area contributed by atoms with Crippen molar-refractivity contribution in [2.45, 2.75) is 32.4 Å². The summed E-state index contributed by atoms with van der Waals surface area (Å²) in [4.78, 5) is 16.8. The minimum atomic E-state index is -4.64. The third-order valence-electron chi connectivity index (χ3n) is 3.74. The van der Waals surface area contributed by atoms with E-state index in [0.29, 0.717) is 5.69 Å². The molecular weight excluding hydrogens is 319 g/mol. The molecule has 2 aromatic heterocycles. The van der Waals surface area contributed by atoms with Crippen LogP contribution in [0.25, 0.3) is 16.7 Å². The first-order valence-electron chi connectivity index (χ1n) is 7.38. The average Bonchev–Trinajstić information content (AvgIpc) is 2.83. The van der Waals surface area contributed by atoms with E-state index in [2.05, 4.69) is 10.1 Å². The number of pyridine rings is 1. The third kappa shape index (κ3) is 2.70. The lowest BCUT2D eigenvalue weighted by atomic mass is 9.90. The van der Waals surface area contributed by atoms with Crippen molar-refractivity contribution in [1.29, 1.82) is 0 Å². The second kappa shape index (κ2) is 5.22. The fourth-order valence-corrected chi connectivity index (χ4v) is 2.48. The summed E-state index contributed by atoms with van der Waals surface area (Å²) in [6.45, 7) is 5.31. The summed E-state index contributed by atoms with van der Waals surface area (Å²) in [5, 5.41) is 2.25. The van der Waals surface area contributed by atoms with Crippen LogP contribution in [0.4, 0.5) is 13.2 Å². The van der Waals surface area contributed by atoms with E-state index in [0.717, 1.165) is 10.7 Å². The quantitative estimate of drug-likeness (QED) is 0.730. The van der Waals surface area contributed by atoms with Gasteiger partial charge in [0.25, 0.3) is 5.56 Å².